The molecule has 2 rings (SSSR count). The van der Waals surface area contributed by atoms with Gasteiger partial charge in [-0.05, 0) is 41.8 Å². The number of hydrogen-bond donors (Lipinski definition) is 1. The van der Waals surface area contributed by atoms with Gasteiger partial charge in [-0.15, -0.1) is 0 Å². The van der Waals surface area contributed by atoms with Crippen LogP contribution in [-0.4, -0.2) is 19.0 Å². The van der Waals surface area contributed by atoms with Crippen molar-refractivity contribution in [2.75, 3.05) is 7.11 Å². The van der Waals surface area contributed by atoms with Crippen molar-refractivity contribution >= 4 is 11.9 Å². The summed E-state index contributed by atoms with van der Waals surface area (Å²) in [5, 5.41) is 2.79. The van der Waals surface area contributed by atoms with E-state index in [0.717, 1.165) is 12.0 Å². The fraction of sp³-hybridized carbons (Fsp3) is 0.300. The Morgan fingerprint density at radius 3 is 2.12 bits per heavy atom. The van der Waals surface area contributed by atoms with Crippen LogP contribution >= 0.6 is 0 Å². The third-order valence-electron chi connectivity index (χ3n) is 3.83. The summed E-state index contributed by atoms with van der Waals surface area (Å²) < 4.78 is 10.5. The van der Waals surface area contributed by atoms with Crippen molar-refractivity contribution in [1.29, 1.82) is 0 Å². The van der Waals surface area contributed by atoms with E-state index >= 15 is 0 Å². The maximum atomic E-state index is 12.3. The molecular weight excluding hydrogens is 318 g/mol. The van der Waals surface area contributed by atoms with Gasteiger partial charge in [0, 0.05) is 6.92 Å². The van der Waals surface area contributed by atoms with Gasteiger partial charge in [-0.2, -0.15) is 0 Å². The van der Waals surface area contributed by atoms with Gasteiger partial charge in [0.2, 0.25) is 5.91 Å². The summed E-state index contributed by atoms with van der Waals surface area (Å²) in [4.78, 5) is 23.7. The molecule has 1 amide bonds. The molecule has 2 aromatic carbocycles. The smallest absolute Gasteiger partial charge is 0.313 e. The molecule has 0 aliphatic carbocycles. The average Bonchev–Trinajstić information content (AvgIpc) is 2.61. The van der Waals surface area contributed by atoms with E-state index in [0.29, 0.717) is 11.5 Å². The summed E-state index contributed by atoms with van der Waals surface area (Å²) in [5.74, 6) is 0.599. The predicted molar refractivity (Wildman–Crippen MR) is 95.6 cm³/mol. The number of carbonyl (C=O) groups is 2. The highest BCUT2D eigenvalue weighted by atomic mass is 16.5. The lowest BCUT2D eigenvalue weighted by molar-refractivity contribution is -0.135. The van der Waals surface area contributed by atoms with Crippen molar-refractivity contribution in [1.82, 2.24) is 5.32 Å². The minimum atomic E-state index is -0.453. The van der Waals surface area contributed by atoms with Gasteiger partial charge in [-0.3, -0.25) is 9.59 Å². The third-order valence-corrected chi connectivity index (χ3v) is 3.83. The van der Waals surface area contributed by atoms with Crippen molar-refractivity contribution in [3.63, 3.8) is 0 Å². The van der Waals surface area contributed by atoms with Crippen LogP contribution in [-0.2, 0) is 16.0 Å². The molecule has 0 fully saturated rings. The topological polar surface area (TPSA) is 64.6 Å². The van der Waals surface area contributed by atoms with E-state index < -0.39 is 12.0 Å². The Balaban J connectivity index is 2.06. The molecule has 0 aromatic heterocycles. The SMILES string of the molecule is CCc1ccc(OC(=O)CC(NC(C)=O)c2ccc(OC)cc2)cc1. The number of benzene rings is 2. The first-order valence-corrected chi connectivity index (χ1v) is 8.22. The molecule has 1 atom stereocenters. The Bertz CT molecular complexity index is 707. The Labute approximate surface area is 148 Å². The van der Waals surface area contributed by atoms with E-state index in [2.05, 4.69) is 12.2 Å². The van der Waals surface area contributed by atoms with Crippen LogP contribution in [0.2, 0.25) is 0 Å². The van der Waals surface area contributed by atoms with Crippen LogP contribution in [0.3, 0.4) is 0 Å². The summed E-state index contributed by atoms with van der Waals surface area (Å²) in [6.45, 7) is 3.49. The molecule has 5 nitrogen and oxygen atoms in total. The normalized spacial score (nSPS) is 11.5. The minimum absolute atomic E-state index is 0.0431. The zero-order chi connectivity index (χ0) is 18.2. The summed E-state index contributed by atoms with van der Waals surface area (Å²) in [6.07, 6.45) is 0.970. The second kappa shape index (κ2) is 8.87. The highest BCUT2D eigenvalue weighted by molar-refractivity contribution is 5.77. The lowest BCUT2D eigenvalue weighted by Gasteiger charge is -2.18. The second-order valence-electron chi connectivity index (χ2n) is 5.70. The molecular formula is C20H23NO4. The number of aryl methyl sites for hydroxylation is 1. The van der Waals surface area contributed by atoms with Crippen molar-refractivity contribution in [3.8, 4) is 11.5 Å². The Morgan fingerprint density at radius 1 is 1.00 bits per heavy atom. The minimum Gasteiger partial charge on any atom is -0.497 e. The lowest BCUT2D eigenvalue weighted by atomic mass is 10.0. The van der Waals surface area contributed by atoms with Gasteiger partial charge in [-0.25, -0.2) is 0 Å². The number of nitrogens with one attached hydrogen (secondary N) is 1. The number of esters is 1. The number of methoxy groups -OCH3 is 1. The van der Waals surface area contributed by atoms with E-state index in [4.69, 9.17) is 9.47 Å². The molecule has 5 heteroatoms. The molecule has 0 heterocycles. The molecule has 25 heavy (non-hydrogen) atoms. The summed E-state index contributed by atoms with van der Waals surface area (Å²) in [7, 11) is 1.58. The van der Waals surface area contributed by atoms with E-state index in [1.807, 2.05) is 24.3 Å². The predicted octanol–water partition coefficient (Wildman–Crippen LogP) is 3.43. The van der Waals surface area contributed by atoms with Gasteiger partial charge < -0.3 is 14.8 Å². The largest absolute Gasteiger partial charge is 0.497 e. The van der Waals surface area contributed by atoms with E-state index in [9.17, 15) is 9.59 Å². The third kappa shape index (κ3) is 5.64. The monoisotopic (exact) mass is 341 g/mol. The standard InChI is InChI=1S/C20H23NO4/c1-4-15-5-9-18(10-6-15)25-20(23)13-19(21-14(2)22)16-7-11-17(24-3)12-8-16/h5-12,19H,4,13H2,1-3H3,(H,21,22). The van der Waals surface area contributed by atoms with Crippen LogP contribution in [0, 0.1) is 0 Å². The molecule has 1 unspecified atom stereocenters. The Morgan fingerprint density at radius 2 is 1.60 bits per heavy atom. The molecule has 2 aromatic rings. The maximum absolute atomic E-state index is 12.3. The van der Waals surface area contributed by atoms with Crippen LogP contribution in [0.25, 0.3) is 0 Å². The van der Waals surface area contributed by atoms with Gasteiger partial charge in [-0.1, -0.05) is 31.2 Å². The highest BCUT2D eigenvalue weighted by Gasteiger charge is 2.18. The van der Waals surface area contributed by atoms with E-state index in [1.165, 1.54) is 12.5 Å². The van der Waals surface area contributed by atoms with Gasteiger partial charge in [0.05, 0.1) is 19.6 Å². The lowest BCUT2D eigenvalue weighted by Crippen LogP contribution is -2.29. The molecule has 0 saturated heterocycles. The first kappa shape index (κ1) is 18.5. The quantitative estimate of drug-likeness (QED) is 0.619. The summed E-state index contributed by atoms with van der Waals surface area (Å²) in [5.41, 5.74) is 1.99. The van der Waals surface area contributed by atoms with E-state index in [1.54, 1.807) is 31.4 Å². The van der Waals surface area contributed by atoms with Crippen LogP contribution in [0.15, 0.2) is 48.5 Å². The molecule has 0 aliphatic rings. The first-order chi connectivity index (χ1) is 12.0. The van der Waals surface area contributed by atoms with Crippen molar-refractivity contribution in [2.24, 2.45) is 0 Å². The first-order valence-electron chi connectivity index (χ1n) is 8.22. The molecule has 132 valence electrons. The fourth-order valence-electron chi connectivity index (χ4n) is 2.47. The number of ether oxygens (including phenoxy) is 2. The molecule has 0 aliphatic heterocycles. The summed E-state index contributed by atoms with van der Waals surface area (Å²) in [6, 6.07) is 14.2. The zero-order valence-corrected chi connectivity index (χ0v) is 14.7. The van der Waals surface area contributed by atoms with Crippen LogP contribution in [0.5, 0.6) is 11.5 Å². The second-order valence-corrected chi connectivity index (χ2v) is 5.70. The summed E-state index contributed by atoms with van der Waals surface area (Å²) >= 11 is 0. The number of hydrogen-bond acceptors (Lipinski definition) is 4. The molecule has 1 N–H and O–H groups in total. The van der Waals surface area contributed by atoms with Gasteiger partial charge in [0.1, 0.15) is 11.5 Å². The maximum Gasteiger partial charge on any atom is 0.313 e. The van der Waals surface area contributed by atoms with Crippen LogP contribution in [0.4, 0.5) is 0 Å². The number of carbonyl (C=O) groups excluding carboxylic acids is 2. The fourth-order valence-corrected chi connectivity index (χ4v) is 2.47. The highest BCUT2D eigenvalue weighted by Crippen LogP contribution is 2.22. The van der Waals surface area contributed by atoms with Crippen molar-refractivity contribution in [2.45, 2.75) is 32.7 Å². The molecule has 0 bridgehead atoms. The molecule has 0 radical (unpaired) electrons. The molecule has 0 saturated carbocycles. The van der Waals surface area contributed by atoms with Gasteiger partial charge in [0.25, 0.3) is 0 Å². The van der Waals surface area contributed by atoms with Crippen LogP contribution in [0.1, 0.15) is 37.4 Å². The zero-order valence-electron chi connectivity index (χ0n) is 14.7. The van der Waals surface area contributed by atoms with Gasteiger partial charge >= 0.3 is 5.97 Å². The molecule has 0 spiro atoms. The van der Waals surface area contributed by atoms with Crippen molar-refractivity contribution < 1.29 is 19.1 Å². The van der Waals surface area contributed by atoms with Crippen molar-refractivity contribution in [3.05, 3.63) is 59.7 Å². The van der Waals surface area contributed by atoms with E-state index in [-0.39, 0.29) is 12.3 Å². The number of amides is 1. The Hall–Kier alpha value is -2.82. The average molecular weight is 341 g/mol. The number of rotatable bonds is 7. The van der Waals surface area contributed by atoms with Gasteiger partial charge in [0.15, 0.2) is 0 Å². The van der Waals surface area contributed by atoms with Crippen LogP contribution < -0.4 is 14.8 Å². The Kier molecular flexibility index (Phi) is 6.57.